The quantitative estimate of drug-likeness (QED) is 0.750. The molecular formula is C20H27N3O5S. The Morgan fingerprint density at radius 3 is 2.41 bits per heavy atom. The van der Waals surface area contributed by atoms with Crippen molar-refractivity contribution in [1.29, 1.82) is 5.26 Å². The van der Waals surface area contributed by atoms with Crippen LogP contribution < -0.4 is 10.1 Å². The third-order valence-electron chi connectivity index (χ3n) is 5.40. The predicted molar refractivity (Wildman–Crippen MR) is 106 cm³/mol. The number of nitriles is 1. The lowest BCUT2D eigenvalue weighted by Gasteiger charge is -2.32. The van der Waals surface area contributed by atoms with Gasteiger partial charge in [0.15, 0.2) is 6.10 Å². The Kier molecular flexibility index (Phi) is 6.77. The summed E-state index contributed by atoms with van der Waals surface area (Å²) in [5, 5.41) is 12.3. The summed E-state index contributed by atoms with van der Waals surface area (Å²) in [5.41, 5.74) is -0.816. The van der Waals surface area contributed by atoms with Gasteiger partial charge in [0.2, 0.25) is 10.0 Å². The molecule has 8 nitrogen and oxygen atoms in total. The molecule has 1 heterocycles. The number of benzene rings is 1. The van der Waals surface area contributed by atoms with Crippen LogP contribution in [0.5, 0.6) is 5.75 Å². The van der Waals surface area contributed by atoms with Crippen LogP contribution in [-0.2, 0) is 19.6 Å². The maximum Gasteiger partial charge on any atom is 0.262 e. The number of nitrogens with one attached hydrogen (secondary N) is 1. The molecule has 29 heavy (non-hydrogen) atoms. The lowest BCUT2D eigenvalue weighted by molar-refractivity contribution is -0.129. The molecule has 2 fully saturated rings. The number of carbonyl (C=O) groups is 1. The summed E-state index contributed by atoms with van der Waals surface area (Å²) in [4.78, 5) is 12.7. The van der Waals surface area contributed by atoms with E-state index in [-0.39, 0.29) is 10.8 Å². The number of carbonyl (C=O) groups excluding carboxylic acids is 1. The molecule has 0 bridgehead atoms. The fourth-order valence-electron chi connectivity index (χ4n) is 3.64. The Morgan fingerprint density at radius 1 is 1.21 bits per heavy atom. The van der Waals surface area contributed by atoms with Crippen LogP contribution in [0.3, 0.4) is 0 Å². The first-order valence-electron chi connectivity index (χ1n) is 9.94. The second-order valence-electron chi connectivity index (χ2n) is 7.49. The lowest BCUT2D eigenvalue weighted by Crippen LogP contribution is -2.52. The average molecular weight is 422 g/mol. The molecule has 9 heteroatoms. The van der Waals surface area contributed by atoms with Crippen molar-refractivity contribution in [3.8, 4) is 11.8 Å². The van der Waals surface area contributed by atoms with Crippen LogP contribution in [0.25, 0.3) is 0 Å². The summed E-state index contributed by atoms with van der Waals surface area (Å²) >= 11 is 0. The molecule has 0 spiro atoms. The maximum atomic E-state index is 12.7. The number of nitrogens with zero attached hydrogens (tertiary/aromatic N) is 2. The smallest absolute Gasteiger partial charge is 0.262 e. The van der Waals surface area contributed by atoms with Crippen LogP contribution in [0.1, 0.15) is 39.0 Å². The SMILES string of the molecule is C[C@H](Oc1ccc(S(=O)(=O)N2CCOCC2)cc1)C(=O)NC1(C#N)CCCCC1. The first kappa shape index (κ1) is 21.6. The molecule has 1 N–H and O–H groups in total. The van der Waals surface area contributed by atoms with Gasteiger partial charge in [0.1, 0.15) is 11.3 Å². The monoisotopic (exact) mass is 421 g/mol. The summed E-state index contributed by atoms with van der Waals surface area (Å²) in [6, 6.07) is 8.28. The van der Waals surface area contributed by atoms with E-state index in [0.29, 0.717) is 44.9 Å². The van der Waals surface area contributed by atoms with E-state index in [0.717, 1.165) is 19.3 Å². The second kappa shape index (κ2) is 9.11. The van der Waals surface area contributed by atoms with Crippen LogP contribution in [0.4, 0.5) is 0 Å². The normalized spacial score (nSPS) is 21.0. The van der Waals surface area contributed by atoms with Crippen LogP contribution in [0.2, 0.25) is 0 Å². The highest BCUT2D eigenvalue weighted by atomic mass is 32.2. The topological polar surface area (TPSA) is 109 Å². The fraction of sp³-hybridized carbons (Fsp3) is 0.600. The maximum absolute atomic E-state index is 12.7. The minimum absolute atomic E-state index is 0.175. The van der Waals surface area contributed by atoms with Gasteiger partial charge < -0.3 is 14.8 Å². The molecule has 158 valence electrons. The second-order valence-corrected chi connectivity index (χ2v) is 9.43. The Morgan fingerprint density at radius 2 is 1.83 bits per heavy atom. The fourth-order valence-corrected chi connectivity index (χ4v) is 5.05. The Labute approximate surface area is 171 Å². The van der Waals surface area contributed by atoms with E-state index in [2.05, 4.69) is 11.4 Å². The number of hydrogen-bond acceptors (Lipinski definition) is 6. The summed E-state index contributed by atoms with van der Waals surface area (Å²) in [6.07, 6.45) is 3.41. The first-order chi connectivity index (χ1) is 13.9. The summed E-state index contributed by atoms with van der Waals surface area (Å²) in [7, 11) is -3.57. The molecule has 1 saturated heterocycles. The van der Waals surface area contributed by atoms with Crippen LogP contribution in [0.15, 0.2) is 29.2 Å². The van der Waals surface area contributed by atoms with E-state index in [9.17, 15) is 18.5 Å². The van der Waals surface area contributed by atoms with E-state index in [1.165, 1.54) is 28.6 Å². The third-order valence-corrected chi connectivity index (χ3v) is 7.31. The third kappa shape index (κ3) is 5.07. The van der Waals surface area contributed by atoms with Crippen molar-refractivity contribution >= 4 is 15.9 Å². The Hall–Kier alpha value is -2.15. The largest absolute Gasteiger partial charge is 0.481 e. The van der Waals surface area contributed by atoms with Gasteiger partial charge in [-0.1, -0.05) is 19.3 Å². The number of amides is 1. The standard InChI is InChI=1S/C20H27N3O5S/c1-16(19(24)22-20(15-21)9-3-2-4-10-20)28-17-5-7-18(8-6-17)29(25,26)23-11-13-27-14-12-23/h5-8,16H,2-4,9-14H2,1H3,(H,22,24)/t16-/m0/s1. The summed E-state index contributed by atoms with van der Waals surface area (Å²) in [5.74, 6) is 0.0432. The van der Waals surface area contributed by atoms with Gasteiger partial charge in [-0.05, 0) is 44.0 Å². The summed E-state index contributed by atoms with van der Waals surface area (Å²) < 4.78 is 37.6. The van der Waals surface area contributed by atoms with Crippen molar-refractivity contribution in [2.75, 3.05) is 26.3 Å². The number of ether oxygens (including phenoxy) is 2. The van der Waals surface area contributed by atoms with Crippen molar-refractivity contribution in [2.24, 2.45) is 0 Å². The van der Waals surface area contributed by atoms with E-state index >= 15 is 0 Å². The Bertz CT molecular complexity index is 851. The molecule has 1 saturated carbocycles. The zero-order valence-corrected chi connectivity index (χ0v) is 17.4. The minimum Gasteiger partial charge on any atom is -0.481 e. The molecule has 1 amide bonds. The van der Waals surface area contributed by atoms with Gasteiger partial charge in [0, 0.05) is 13.1 Å². The van der Waals surface area contributed by atoms with Crippen LogP contribution >= 0.6 is 0 Å². The molecule has 1 aliphatic heterocycles. The predicted octanol–water partition coefficient (Wildman–Crippen LogP) is 1.82. The number of rotatable bonds is 6. The molecule has 3 rings (SSSR count). The molecule has 1 aromatic rings. The molecule has 0 unspecified atom stereocenters. The van der Waals surface area contributed by atoms with Crippen molar-refractivity contribution in [2.45, 2.75) is 55.6 Å². The van der Waals surface area contributed by atoms with E-state index < -0.39 is 21.7 Å². The number of hydrogen-bond donors (Lipinski definition) is 1. The molecular weight excluding hydrogens is 394 g/mol. The molecule has 1 aromatic carbocycles. The van der Waals surface area contributed by atoms with Gasteiger partial charge in [-0.15, -0.1) is 0 Å². The van der Waals surface area contributed by atoms with Gasteiger partial charge >= 0.3 is 0 Å². The van der Waals surface area contributed by atoms with Crippen molar-refractivity contribution in [1.82, 2.24) is 9.62 Å². The van der Waals surface area contributed by atoms with Gasteiger partial charge in [-0.2, -0.15) is 9.57 Å². The molecule has 1 aliphatic carbocycles. The zero-order chi connectivity index (χ0) is 20.9. The number of morpholine rings is 1. The summed E-state index contributed by atoms with van der Waals surface area (Å²) in [6.45, 7) is 3.05. The van der Waals surface area contributed by atoms with Gasteiger partial charge in [0.25, 0.3) is 5.91 Å². The number of sulfonamides is 1. The lowest BCUT2D eigenvalue weighted by atomic mass is 9.83. The Balaban J connectivity index is 1.61. The molecule has 0 aromatic heterocycles. The first-order valence-corrected chi connectivity index (χ1v) is 11.4. The van der Waals surface area contributed by atoms with Crippen LogP contribution in [-0.4, -0.2) is 56.6 Å². The average Bonchev–Trinajstić information content (AvgIpc) is 2.75. The van der Waals surface area contributed by atoms with Crippen molar-refractivity contribution in [3.05, 3.63) is 24.3 Å². The van der Waals surface area contributed by atoms with Gasteiger partial charge in [0.05, 0.1) is 24.2 Å². The highest BCUT2D eigenvalue weighted by Gasteiger charge is 2.35. The van der Waals surface area contributed by atoms with Gasteiger partial charge in [-0.3, -0.25) is 4.79 Å². The van der Waals surface area contributed by atoms with Crippen molar-refractivity contribution in [3.63, 3.8) is 0 Å². The highest BCUT2D eigenvalue weighted by molar-refractivity contribution is 7.89. The minimum atomic E-state index is -3.57. The van der Waals surface area contributed by atoms with E-state index in [4.69, 9.17) is 9.47 Å². The van der Waals surface area contributed by atoms with Crippen molar-refractivity contribution < 1.29 is 22.7 Å². The van der Waals surface area contributed by atoms with Crippen LogP contribution in [0, 0.1) is 11.3 Å². The molecule has 2 aliphatic rings. The highest BCUT2D eigenvalue weighted by Crippen LogP contribution is 2.28. The van der Waals surface area contributed by atoms with E-state index in [1.54, 1.807) is 6.92 Å². The molecule has 1 atom stereocenters. The van der Waals surface area contributed by atoms with E-state index in [1.807, 2.05) is 0 Å². The zero-order valence-electron chi connectivity index (χ0n) is 16.6. The molecule has 0 radical (unpaired) electrons. The van der Waals surface area contributed by atoms with Gasteiger partial charge in [-0.25, -0.2) is 8.42 Å².